The number of fused-ring (bicyclic) bond motifs is 1. The number of carbonyl (C=O) groups excluding carboxylic acids is 2. The molecule has 2 rings (SSSR count). The van der Waals surface area contributed by atoms with E-state index in [0.29, 0.717) is 11.8 Å². The Morgan fingerprint density at radius 1 is 1.25 bits per heavy atom. The summed E-state index contributed by atoms with van der Waals surface area (Å²) in [5.41, 5.74) is 0. The second-order valence-electron chi connectivity index (χ2n) is 4.11. The predicted octanol–water partition coefficient (Wildman–Crippen LogP) is 0.474. The van der Waals surface area contributed by atoms with E-state index in [9.17, 15) is 22.8 Å². The van der Waals surface area contributed by atoms with Crippen LogP contribution >= 0.6 is 0 Å². The number of ether oxygens (including phenoxy) is 1. The maximum absolute atomic E-state index is 11.8. The second-order valence-corrected chi connectivity index (χ2v) is 4.11. The lowest BCUT2D eigenvalue weighted by atomic mass is 10.2. The highest BCUT2D eigenvalue weighted by atomic mass is 19.4. The van der Waals surface area contributed by atoms with Crippen molar-refractivity contribution in [3.8, 4) is 0 Å². The van der Waals surface area contributed by atoms with E-state index in [0.717, 1.165) is 13.1 Å². The Hall–Kier alpha value is -1.11. The summed E-state index contributed by atoms with van der Waals surface area (Å²) in [4.78, 5) is 21.4. The average Bonchev–Trinajstić information content (AvgIpc) is 2.60. The highest BCUT2D eigenvalue weighted by Crippen LogP contribution is 2.50. The van der Waals surface area contributed by atoms with Gasteiger partial charge in [0.1, 0.15) is 0 Å². The van der Waals surface area contributed by atoms with Crippen molar-refractivity contribution in [2.45, 2.75) is 12.6 Å². The van der Waals surface area contributed by atoms with Gasteiger partial charge in [-0.1, -0.05) is 0 Å². The molecule has 0 spiro atoms. The maximum atomic E-state index is 11.8. The van der Waals surface area contributed by atoms with Crippen LogP contribution in [0.3, 0.4) is 0 Å². The third kappa shape index (κ3) is 2.18. The van der Waals surface area contributed by atoms with Gasteiger partial charge in [-0.3, -0.25) is 4.79 Å². The van der Waals surface area contributed by atoms with E-state index in [1.165, 1.54) is 0 Å². The maximum Gasteiger partial charge on any atom is 0.491 e. The molecule has 0 aromatic heterocycles. The van der Waals surface area contributed by atoms with Crippen molar-refractivity contribution in [3.63, 3.8) is 0 Å². The van der Waals surface area contributed by atoms with Crippen molar-refractivity contribution in [1.29, 1.82) is 0 Å². The van der Waals surface area contributed by atoms with Gasteiger partial charge in [-0.05, 0) is 30.8 Å². The van der Waals surface area contributed by atoms with Crippen LogP contribution < -0.4 is 5.32 Å². The van der Waals surface area contributed by atoms with Crippen LogP contribution in [0.25, 0.3) is 0 Å². The molecule has 0 bridgehead atoms. The molecule has 4 nitrogen and oxygen atoms in total. The first-order chi connectivity index (χ1) is 7.39. The van der Waals surface area contributed by atoms with E-state index in [2.05, 4.69) is 10.1 Å². The summed E-state index contributed by atoms with van der Waals surface area (Å²) in [6.07, 6.45) is -5.20. The number of rotatable bonds is 2. The topological polar surface area (TPSA) is 55.4 Å². The smallest absolute Gasteiger partial charge is 0.386 e. The number of nitrogens with one attached hydrogen (secondary N) is 1. The Kier molecular flexibility index (Phi) is 2.65. The summed E-state index contributed by atoms with van der Waals surface area (Å²) in [6.45, 7) is 1.58. The monoisotopic (exact) mass is 237 g/mol. The zero-order chi connectivity index (χ0) is 11.9. The van der Waals surface area contributed by atoms with Crippen LogP contribution in [0.15, 0.2) is 0 Å². The van der Waals surface area contributed by atoms with E-state index in [1.54, 1.807) is 0 Å². The molecule has 0 amide bonds. The fraction of sp³-hybridized carbons (Fsp3) is 0.778. The number of alkyl halides is 3. The van der Waals surface area contributed by atoms with Gasteiger partial charge in [-0.15, -0.1) is 0 Å². The van der Waals surface area contributed by atoms with Crippen LogP contribution in [0.1, 0.15) is 6.42 Å². The molecule has 1 N–H and O–H groups in total. The Balaban J connectivity index is 1.75. The predicted molar refractivity (Wildman–Crippen MR) is 45.1 cm³/mol. The lowest BCUT2D eigenvalue weighted by molar-refractivity contribution is -0.202. The molecule has 0 radical (unpaired) electrons. The molecule has 1 unspecified atom stereocenters. The fourth-order valence-electron chi connectivity index (χ4n) is 2.24. The van der Waals surface area contributed by atoms with Crippen LogP contribution in [0.2, 0.25) is 0 Å². The molecule has 90 valence electrons. The highest BCUT2D eigenvalue weighted by molar-refractivity contribution is 5.88. The quantitative estimate of drug-likeness (QED) is 0.560. The zero-order valence-electron chi connectivity index (χ0n) is 8.21. The van der Waals surface area contributed by atoms with E-state index in [1.807, 2.05) is 0 Å². The molecule has 1 saturated carbocycles. The van der Waals surface area contributed by atoms with E-state index < -0.39 is 18.1 Å². The van der Waals surface area contributed by atoms with E-state index in [-0.39, 0.29) is 12.3 Å². The first-order valence-corrected chi connectivity index (χ1v) is 4.92. The van der Waals surface area contributed by atoms with Crippen LogP contribution in [0, 0.1) is 17.8 Å². The van der Waals surface area contributed by atoms with E-state index in [4.69, 9.17) is 0 Å². The molecule has 16 heavy (non-hydrogen) atoms. The molecule has 1 saturated heterocycles. The molecule has 2 fully saturated rings. The Labute approximate surface area is 89.1 Å². The Bertz CT molecular complexity index is 318. The molecule has 3 atom stereocenters. The number of halogens is 3. The van der Waals surface area contributed by atoms with Gasteiger partial charge in [0.15, 0.2) is 0 Å². The highest BCUT2D eigenvalue weighted by Gasteiger charge is 2.54. The second kappa shape index (κ2) is 3.73. The Morgan fingerprint density at radius 3 is 2.31 bits per heavy atom. The number of carbonyl (C=O) groups is 2. The largest absolute Gasteiger partial charge is 0.491 e. The first kappa shape index (κ1) is 11.4. The molecule has 0 aromatic rings. The molecular weight excluding hydrogens is 227 g/mol. The van der Waals surface area contributed by atoms with Gasteiger partial charge in [0, 0.05) is 6.42 Å². The van der Waals surface area contributed by atoms with Crippen molar-refractivity contribution in [3.05, 3.63) is 0 Å². The molecule has 7 heteroatoms. The van der Waals surface area contributed by atoms with Gasteiger partial charge < -0.3 is 10.1 Å². The van der Waals surface area contributed by atoms with Crippen molar-refractivity contribution in [1.82, 2.24) is 5.32 Å². The standard InChI is InChI=1S/C9H10F3NO3/c10-9(11,12)8(15)16-7(14)1-4-5-2-13-3-6(4)5/h4-6,13H,1-3H2/t4?,5-,6+. The number of piperidine rings is 1. The summed E-state index contributed by atoms with van der Waals surface area (Å²) in [6, 6.07) is 0. The zero-order valence-corrected chi connectivity index (χ0v) is 8.21. The minimum Gasteiger partial charge on any atom is -0.386 e. The molecule has 1 heterocycles. The van der Waals surface area contributed by atoms with Gasteiger partial charge in [0.2, 0.25) is 0 Å². The number of esters is 2. The summed E-state index contributed by atoms with van der Waals surface area (Å²) in [5.74, 6) is -2.72. The van der Waals surface area contributed by atoms with Gasteiger partial charge in [0.05, 0.1) is 0 Å². The molecule has 1 aliphatic heterocycles. The number of hydrogen-bond acceptors (Lipinski definition) is 4. The van der Waals surface area contributed by atoms with Crippen LogP contribution in [0.5, 0.6) is 0 Å². The third-order valence-electron chi connectivity index (χ3n) is 3.11. The minimum atomic E-state index is -5.10. The molecule has 0 aromatic carbocycles. The lowest BCUT2D eigenvalue weighted by Crippen LogP contribution is -2.28. The normalized spacial score (nSPS) is 32.1. The Morgan fingerprint density at radius 2 is 1.81 bits per heavy atom. The van der Waals surface area contributed by atoms with Crippen molar-refractivity contribution in [2.75, 3.05) is 13.1 Å². The summed E-state index contributed by atoms with van der Waals surface area (Å²) >= 11 is 0. The number of hydrogen-bond donors (Lipinski definition) is 1. The van der Waals surface area contributed by atoms with Gasteiger partial charge in [-0.2, -0.15) is 13.2 Å². The van der Waals surface area contributed by atoms with E-state index >= 15 is 0 Å². The summed E-state index contributed by atoms with van der Waals surface area (Å²) in [7, 11) is 0. The van der Waals surface area contributed by atoms with Crippen molar-refractivity contribution in [2.24, 2.45) is 17.8 Å². The lowest BCUT2D eigenvalue weighted by Gasteiger charge is -2.06. The average molecular weight is 237 g/mol. The van der Waals surface area contributed by atoms with Crippen molar-refractivity contribution >= 4 is 11.9 Å². The van der Waals surface area contributed by atoms with Crippen LogP contribution in [-0.4, -0.2) is 31.2 Å². The summed E-state index contributed by atoms with van der Waals surface area (Å²) < 4.78 is 39.0. The van der Waals surface area contributed by atoms with Gasteiger partial charge in [0.25, 0.3) is 0 Å². The summed E-state index contributed by atoms with van der Waals surface area (Å²) in [5, 5.41) is 3.09. The van der Waals surface area contributed by atoms with Gasteiger partial charge in [-0.25, -0.2) is 4.79 Å². The minimum absolute atomic E-state index is 0.0785. The SMILES string of the molecule is O=C(CC1[C@H]2CNC[C@@H]12)OC(=O)C(F)(F)F. The fourth-order valence-corrected chi connectivity index (χ4v) is 2.24. The van der Waals surface area contributed by atoms with Crippen LogP contribution in [0.4, 0.5) is 13.2 Å². The molecule has 2 aliphatic rings. The third-order valence-corrected chi connectivity index (χ3v) is 3.11. The van der Waals surface area contributed by atoms with Crippen molar-refractivity contribution < 1.29 is 27.5 Å². The molecule has 1 aliphatic carbocycles. The molecular formula is C9H10F3NO3. The van der Waals surface area contributed by atoms with Crippen LogP contribution in [-0.2, 0) is 14.3 Å². The van der Waals surface area contributed by atoms with Gasteiger partial charge >= 0.3 is 18.1 Å². The first-order valence-electron chi connectivity index (χ1n) is 4.92.